The lowest BCUT2D eigenvalue weighted by Gasteiger charge is -2.05. The van der Waals surface area contributed by atoms with Gasteiger partial charge in [0.25, 0.3) is 0 Å². The molecule has 0 saturated carbocycles. The van der Waals surface area contributed by atoms with Crippen LogP contribution in [0.5, 0.6) is 0 Å². The highest BCUT2D eigenvalue weighted by Crippen LogP contribution is 2.07. The van der Waals surface area contributed by atoms with Crippen LogP contribution in [-0.2, 0) is 4.79 Å². The molecule has 0 aliphatic heterocycles. The molecule has 0 saturated heterocycles. The standard InChI is InChI=1S/C7H14ClNO/c1-6(2-3-8)4-7(10)5-9/h6H,2-5,9H2,1H3. The molecule has 0 fully saturated rings. The Morgan fingerprint density at radius 1 is 1.70 bits per heavy atom. The third-order valence-electron chi connectivity index (χ3n) is 1.41. The van der Waals surface area contributed by atoms with Crippen molar-refractivity contribution >= 4 is 17.4 Å². The van der Waals surface area contributed by atoms with Gasteiger partial charge in [0.1, 0.15) is 5.78 Å². The monoisotopic (exact) mass is 163 g/mol. The van der Waals surface area contributed by atoms with Gasteiger partial charge < -0.3 is 5.73 Å². The van der Waals surface area contributed by atoms with Crippen LogP contribution < -0.4 is 5.73 Å². The van der Waals surface area contributed by atoms with Crippen LogP contribution in [0.25, 0.3) is 0 Å². The lowest BCUT2D eigenvalue weighted by Crippen LogP contribution is -2.16. The molecule has 0 aliphatic carbocycles. The van der Waals surface area contributed by atoms with Crippen LogP contribution in [0.15, 0.2) is 0 Å². The van der Waals surface area contributed by atoms with E-state index in [1.54, 1.807) is 0 Å². The summed E-state index contributed by atoms with van der Waals surface area (Å²) in [5, 5.41) is 0. The molecule has 3 heteroatoms. The van der Waals surface area contributed by atoms with E-state index in [2.05, 4.69) is 0 Å². The van der Waals surface area contributed by atoms with E-state index in [-0.39, 0.29) is 12.3 Å². The van der Waals surface area contributed by atoms with Gasteiger partial charge in [-0.15, -0.1) is 11.6 Å². The molecule has 1 atom stereocenters. The normalized spacial score (nSPS) is 13.1. The van der Waals surface area contributed by atoms with E-state index >= 15 is 0 Å². The summed E-state index contributed by atoms with van der Waals surface area (Å²) in [6, 6.07) is 0. The molecule has 0 spiro atoms. The second-order valence-electron chi connectivity index (χ2n) is 2.53. The van der Waals surface area contributed by atoms with Crippen LogP contribution in [0.4, 0.5) is 0 Å². The molecule has 0 bridgehead atoms. The highest BCUT2D eigenvalue weighted by Gasteiger charge is 2.05. The lowest BCUT2D eigenvalue weighted by molar-refractivity contribution is -0.118. The number of nitrogens with two attached hydrogens (primary N) is 1. The number of alkyl halides is 1. The number of hydrogen-bond donors (Lipinski definition) is 1. The molecule has 0 aliphatic rings. The Labute approximate surface area is 66.7 Å². The van der Waals surface area contributed by atoms with Gasteiger partial charge in [-0.3, -0.25) is 4.79 Å². The number of Topliss-reactive ketones (excluding diaryl/α,β-unsaturated/α-hetero) is 1. The molecule has 1 unspecified atom stereocenters. The lowest BCUT2D eigenvalue weighted by atomic mass is 10.0. The molecule has 60 valence electrons. The van der Waals surface area contributed by atoms with Crippen LogP contribution in [-0.4, -0.2) is 18.2 Å². The van der Waals surface area contributed by atoms with Crippen LogP contribution in [0.3, 0.4) is 0 Å². The van der Waals surface area contributed by atoms with Crippen LogP contribution in [0.2, 0.25) is 0 Å². The molecule has 2 nitrogen and oxygen atoms in total. The smallest absolute Gasteiger partial charge is 0.146 e. The molecular weight excluding hydrogens is 150 g/mol. The minimum Gasteiger partial charge on any atom is -0.324 e. The second kappa shape index (κ2) is 5.69. The first-order valence-corrected chi connectivity index (χ1v) is 4.02. The molecule has 10 heavy (non-hydrogen) atoms. The van der Waals surface area contributed by atoms with E-state index in [9.17, 15) is 4.79 Å². The number of hydrogen-bond acceptors (Lipinski definition) is 2. The van der Waals surface area contributed by atoms with Crippen molar-refractivity contribution in [3.05, 3.63) is 0 Å². The van der Waals surface area contributed by atoms with Gasteiger partial charge in [0.2, 0.25) is 0 Å². The zero-order valence-corrected chi connectivity index (χ0v) is 7.03. The Kier molecular flexibility index (Phi) is 5.64. The largest absolute Gasteiger partial charge is 0.324 e. The van der Waals surface area contributed by atoms with Crippen molar-refractivity contribution in [3.63, 3.8) is 0 Å². The highest BCUT2D eigenvalue weighted by atomic mass is 35.5. The summed E-state index contributed by atoms with van der Waals surface area (Å²) in [5.41, 5.74) is 5.13. The van der Waals surface area contributed by atoms with Gasteiger partial charge in [-0.25, -0.2) is 0 Å². The highest BCUT2D eigenvalue weighted by molar-refractivity contribution is 6.17. The molecular formula is C7H14ClNO. The first-order valence-electron chi connectivity index (χ1n) is 3.48. The van der Waals surface area contributed by atoms with Gasteiger partial charge in [0.05, 0.1) is 6.54 Å². The Morgan fingerprint density at radius 3 is 2.70 bits per heavy atom. The Balaban J connectivity index is 3.37. The molecule has 0 radical (unpaired) electrons. The number of rotatable bonds is 5. The minimum atomic E-state index is 0.123. The van der Waals surface area contributed by atoms with Crippen LogP contribution in [0, 0.1) is 5.92 Å². The fourth-order valence-electron chi connectivity index (χ4n) is 0.760. The topological polar surface area (TPSA) is 43.1 Å². The van der Waals surface area contributed by atoms with E-state index in [4.69, 9.17) is 17.3 Å². The predicted molar refractivity (Wildman–Crippen MR) is 43.2 cm³/mol. The molecule has 0 aromatic carbocycles. The maximum absolute atomic E-state index is 10.7. The summed E-state index contributed by atoms with van der Waals surface area (Å²) in [5.74, 6) is 1.13. The van der Waals surface area contributed by atoms with Crippen LogP contribution in [0.1, 0.15) is 19.8 Å². The molecule has 0 rings (SSSR count). The summed E-state index contributed by atoms with van der Waals surface area (Å²) < 4.78 is 0. The molecule has 0 aromatic rings. The van der Waals surface area contributed by atoms with Gasteiger partial charge in [0, 0.05) is 12.3 Å². The fourth-order valence-corrected chi connectivity index (χ4v) is 1.13. The maximum Gasteiger partial charge on any atom is 0.146 e. The van der Waals surface area contributed by atoms with Crippen molar-refractivity contribution in [2.24, 2.45) is 11.7 Å². The quantitative estimate of drug-likeness (QED) is 0.619. The number of carbonyl (C=O) groups is 1. The van der Waals surface area contributed by atoms with Crippen LogP contribution >= 0.6 is 11.6 Å². The van der Waals surface area contributed by atoms with Gasteiger partial charge >= 0.3 is 0 Å². The average molecular weight is 164 g/mol. The number of carbonyl (C=O) groups excluding carboxylic acids is 1. The third-order valence-corrected chi connectivity index (χ3v) is 1.62. The van der Waals surface area contributed by atoms with Crippen molar-refractivity contribution in [1.82, 2.24) is 0 Å². The van der Waals surface area contributed by atoms with Gasteiger partial charge in [0.15, 0.2) is 0 Å². The summed E-state index contributed by atoms with van der Waals surface area (Å²) >= 11 is 5.48. The van der Waals surface area contributed by atoms with E-state index in [1.165, 1.54) is 0 Å². The molecule has 0 amide bonds. The van der Waals surface area contributed by atoms with Gasteiger partial charge in [-0.1, -0.05) is 6.92 Å². The number of ketones is 1. The van der Waals surface area contributed by atoms with Crippen molar-refractivity contribution in [2.45, 2.75) is 19.8 Å². The van der Waals surface area contributed by atoms with Crippen molar-refractivity contribution in [1.29, 1.82) is 0 Å². The minimum absolute atomic E-state index is 0.123. The van der Waals surface area contributed by atoms with Gasteiger partial charge in [-0.2, -0.15) is 0 Å². The SMILES string of the molecule is CC(CCCl)CC(=O)CN. The first kappa shape index (κ1) is 9.92. The molecule has 0 heterocycles. The third kappa shape index (κ3) is 4.77. The van der Waals surface area contributed by atoms with E-state index in [0.29, 0.717) is 18.2 Å². The van der Waals surface area contributed by atoms with Crippen molar-refractivity contribution in [3.8, 4) is 0 Å². The Bertz CT molecular complexity index is 106. The van der Waals surface area contributed by atoms with E-state index < -0.39 is 0 Å². The predicted octanol–water partition coefficient (Wildman–Crippen LogP) is 1.17. The average Bonchev–Trinajstić information content (AvgIpc) is 1.88. The summed E-state index contributed by atoms with van der Waals surface area (Å²) in [6.07, 6.45) is 1.47. The van der Waals surface area contributed by atoms with Gasteiger partial charge in [-0.05, 0) is 12.3 Å². The van der Waals surface area contributed by atoms with Crippen molar-refractivity contribution < 1.29 is 4.79 Å². The summed E-state index contributed by atoms with van der Waals surface area (Å²) in [7, 11) is 0. The Hall–Kier alpha value is -0.0800. The first-order chi connectivity index (χ1) is 4.70. The zero-order valence-electron chi connectivity index (χ0n) is 6.27. The number of halogens is 1. The second-order valence-corrected chi connectivity index (χ2v) is 2.91. The zero-order chi connectivity index (χ0) is 7.98. The Morgan fingerprint density at radius 2 is 2.30 bits per heavy atom. The maximum atomic E-state index is 10.7. The molecule has 0 aromatic heterocycles. The van der Waals surface area contributed by atoms with Crippen molar-refractivity contribution in [2.75, 3.05) is 12.4 Å². The van der Waals surface area contributed by atoms with E-state index in [0.717, 1.165) is 6.42 Å². The summed E-state index contributed by atoms with van der Waals surface area (Å²) in [6.45, 7) is 2.17. The van der Waals surface area contributed by atoms with E-state index in [1.807, 2.05) is 6.92 Å². The molecule has 2 N–H and O–H groups in total. The fraction of sp³-hybridized carbons (Fsp3) is 0.857. The summed E-state index contributed by atoms with van der Waals surface area (Å²) in [4.78, 5) is 10.7.